The third-order valence-electron chi connectivity index (χ3n) is 2.48. The van der Waals surface area contributed by atoms with Crippen LogP contribution in [0.4, 0.5) is 21.7 Å². The number of anilines is 3. The van der Waals surface area contributed by atoms with Crippen molar-refractivity contribution >= 4 is 29.1 Å². The van der Waals surface area contributed by atoms with E-state index in [1.54, 1.807) is 25.1 Å². The highest BCUT2D eigenvalue weighted by Gasteiger charge is 2.05. The predicted octanol–water partition coefficient (Wildman–Crippen LogP) is 2.68. The van der Waals surface area contributed by atoms with Crippen LogP contribution >= 0.6 is 11.8 Å². The van der Waals surface area contributed by atoms with E-state index in [1.807, 2.05) is 6.26 Å². The summed E-state index contributed by atoms with van der Waals surface area (Å²) in [5.41, 5.74) is 3.69. The summed E-state index contributed by atoms with van der Waals surface area (Å²) < 4.78 is 13.5. The number of halogens is 1. The Kier molecular flexibility index (Phi) is 4.18. The molecule has 2 aromatic rings. The monoisotopic (exact) mass is 279 g/mol. The van der Waals surface area contributed by atoms with Crippen LogP contribution in [0.2, 0.25) is 0 Å². The molecule has 0 aliphatic heterocycles. The van der Waals surface area contributed by atoms with Crippen molar-refractivity contribution in [3.8, 4) is 0 Å². The van der Waals surface area contributed by atoms with Gasteiger partial charge >= 0.3 is 0 Å². The van der Waals surface area contributed by atoms with Crippen LogP contribution in [0.1, 0.15) is 5.56 Å². The largest absolute Gasteiger partial charge is 0.340 e. The van der Waals surface area contributed by atoms with Crippen LogP contribution in [-0.2, 0) is 0 Å². The molecule has 0 aliphatic rings. The molecule has 19 heavy (non-hydrogen) atoms. The van der Waals surface area contributed by atoms with E-state index in [0.29, 0.717) is 28.0 Å². The molecule has 1 heterocycles. The molecule has 7 heteroatoms. The normalized spacial score (nSPS) is 10.3. The fraction of sp³-hybridized carbons (Fsp3) is 0.167. The topological polar surface area (TPSA) is 75.9 Å². The molecule has 0 radical (unpaired) electrons. The van der Waals surface area contributed by atoms with E-state index in [2.05, 4.69) is 20.7 Å². The van der Waals surface area contributed by atoms with Gasteiger partial charge < -0.3 is 10.7 Å². The minimum Gasteiger partial charge on any atom is -0.340 e. The molecule has 0 atom stereocenters. The van der Waals surface area contributed by atoms with Gasteiger partial charge in [0.15, 0.2) is 5.16 Å². The molecule has 0 amide bonds. The van der Waals surface area contributed by atoms with E-state index in [-0.39, 0.29) is 5.82 Å². The zero-order chi connectivity index (χ0) is 13.8. The van der Waals surface area contributed by atoms with Crippen molar-refractivity contribution in [1.29, 1.82) is 0 Å². The number of nitrogens with two attached hydrogens (primary N) is 1. The van der Waals surface area contributed by atoms with Gasteiger partial charge in [-0.05, 0) is 30.9 Å². The van der Waals surface area contributed by atoms with Crippen molar-refractivity contribution < 1.29 is 4.39 Å². The van der Waals surface area contributed by atoms with Crippen LogP contribution in [0, 0.1) is 12.7 Å². The van der Waals surface area contributed by atoms with Crippen molar-refractivity contribution in [2.75, 3.05) is 17.0 Å². The van der Waals surface area contributed by atoms with E-state index >= 15 is 0 Å². The average molecular weight is 279 g/mol. The number of hydrogen-bond acceptors (Lipinski definition) is 6. The average Bonchev–Trinajstić information content (AvgIpc) is 2.42. The Labute approximate surface area is 114 Å². The van der Waals surface area contributed by atoms with E-state index in [4.69, 9.17) is 5.84 Å². The van der Waals surface area contributed by atoms with E-state index < -0.39 is 0 Å². The third-order valence-corrected chi connectivity index (χ3v) is 3.03. The maximum absolute atomic E-state index is 13.5. The maximum Gasteiger partial charge on any atom is 0.191 e. The molecule has 5 nitrogen and oxygen atoms in total. The van der Waals surface area contributed by atoms with Gasteiger partial charge in [-0.1, -0.05) is 17.8 Å². The highest BCUT2D eigenvalue weighted by Crippen LogP contribution is 2.21. The van der Waals surface area contributed by atoms with Crippen LogP contribution in [-0.4, -0.2) is 16.2 Å². The predicted molar refractivity (Wildman–Crippen MR) is 76.0 cm³/mol. The van der Waals surface area contributed by atoms with Gasteiger partial charge in [-0.3, -0.25) is 0 Å². The lowest BCUT2D eigenvalue weighted by Crippen LogP contribution is -2.10. The first-order valence-corrected chi connectivity index (χ1v) is 6.77. The second-order valence-electron chi connectivity index (χ2n) is 3.86. The number of rotatable bonds is 4. The molecule has 1 aromatic carbocycles. The Hall–Kier alpha value is -1.86. The molecule has 0 fully saturated rings. The second-order valence-corrected chi connectivity index (χ2v) is 4.63. The van der Waals surface area contributed by atoms with Gasteiger partial charge in [0.2, 0.25) is 0 Å². The van der Waals surface area contributed by atoms with Gasteiger partial charge in [-0.25, -0.2) is 20.2 Å². The van der Waals surface area contributed by atoms with Crippen LogP contribution < -0.4 is 16.6 Å². The maximum atomic E-state index is 13.5. The number of nitrogens with one attached hydrogen (secondary N) is 2. The first-order valence-electron chi connectivity index (χ1n) is 5.55. The van der Waals surface area contributed by atoms with Crippen molar-refractivity contribution in [2.45, 2.75) is 12.1 Å². The van der Waals surface area contributed by atoms with Gasteiger partial charge in [-0.2, -0.15) is 0 Å². The highest BCUT2D eigenvalue weighted by molar-refractivity contribution is 7.98. The summed E-state index contributed by atoms with van der Waals surface area (Å²) in [5, 5.41) is 3.60. The first kappa shape index (κ1) is 13.6. The number of benzene rings is 1. The van der Waals surface area contributed by atoms with E-state index in [1.165, 1.54) is 17.8 Å². The first-order chi connectivity index (χ1) is 9.12. The SMILES string of the molecule is CSc1nc(NN)cc(Nc2ccc(C)c(F)c2)n1. The Balaban J connectivity index is 2.29. The van der Waals surface area contributed by atoms with Gasteiger partial charge in [0.1, 0.15) is 17.5 Å². The Morgan fingerprint density at radius 2 is 1.95 bits per heavy atom. The van der Waals surface area contributed by atoms with Crippen LogP contribution in [0.25, 0.3) is 0 Å². The number of nitrogens with zero attached hydrogens (tertiary/aromatic N) is 2. The summed E-state index contributed by atoms with van der Waals surface area (Å²) in [6.45, 7) is 1.71. The summed E-state index contributed by atoms with van der Waals surface area (Å²) >= 11 is 1.40. The summed E-state index contributed by atoms with van der Waals surface area (Å²) in [5.74, 6) is 6.13. The molecule has 100 valence electrons. The number of aromatic nitrogens is 2. The quantitative estimate of drug-likeness (QED) is 0.346. The zero-order valence-electron chi connectivity index (χ0n) is 10.6. The molecule has 0 saturated carbocycles. The van der Waals surface area contributed by atoms with Gasteiger partial charge in [-0.15, -0.1) is 0 Å². The number of nitrogen functional groups attached to an aromatic ring is 1. The molecule has 1 aromatic heterocycles. The molecular formula is C12H14FN5S. The van der Waals surface area contributed by atoms with E-state index in [9.17, 15) is 4.39 Å². The third kappa shape index (κ3) is 3.33. The molecule has 0 saturated heterocycles. The van der Waals surface area contributed by atoms with Crippen molar-refractivity contribution in [1.82, 2.24) is 9.97 Å². The van der Waals surface area contributed by atoms with Crippen molar-refractivity contribution in [3.63, 3.8) is 0 Å². The molecule has 0 spiro atoms. The fourth-order valence-corrected chi connectivity index (χ4v) is 1.85. The Bertz CT molecular complexity index is 568. The molecule has 0 aliphatic carbocycles. The smallest absolute Gasteiger partial charge is 0.191 e. The van der Waals surface area contributed by atoms with Gasteiger partial charge in [0, 0.05) is 11.8 Å². The fourth-order valence-electron chi connectivity index (χ4n) is 1.47. The van der Waals surface area contributed by atoms with Crippen molar-refractivity contribution in [2.24, 2.45) is 5.84 Å². The summed E-state index contributed by atoms with van der Waals surface area (Å²) in [4.78, 5) is 8.42. The lowest BCUT2D eigenvalue weighted by Gasteiger charge is -2.09. The summed E-state index contributed by atoms with van der Waals surface area (Å²) in [6.07, 6.45) is 1.87. The van der Waals surface area contributed by atoms with Gasteiger partial charge in [0.25, 0.3) is 0 Å². The summed E-state index contributed by atoms with van der Waals surface area (Å²) in [6, 6.07) is 6.56. The highest BCUT2D eigenvalue weighted by atomic mass is 32.2. The number of aryl methyl sites for hydroxylation is 1. The minimum atomic E-state index is -0.263. The Morgan fingerprint density at radius 1 is 1.21 bits per heavy atom. The van der Waals surface area contributed by atoms with Crippen LogP contribution in [0.15, 0.2) is 29.4 Å². The van der Waals surface area contributed by atoms with Gasteiger partial charge in [0.05, 0.1) is 0 Å². The molecule has 0 unspecified atom stereocenters. The minimum absolute atomic E-state index is 0.263. The Morgan fingerprint density at radius 3 is 2.58 bits per heavy atom. The molecular weight excluding hydrogens is 265 g/mol. The van der Waals surface area contributed by atoms with Crippen molar-refractivity contribution in [3.05, 3.63) is 35.6 Å². The van der Waals surface area contributed by atoms with E-state index in [0.717, 1.165) is 0 Å². The lowest BCUT2D eigenvalue weighted by molar-refractivity contribution is 0.619. The molecule has 2 rings (SSSR count). The zero-order valence-corrected chi connectivity index (χ0v) is 11.4. The number of hydrogen-bond donors (Lipinski definition) is 3. The van der Waals surface area contributed by atoms with Crippen LogP contribution in [0.3, 0.4) is 0 Å². The molecule has 4 N–H and O–H groups in total. The number of thioether (sulfide) groups is 1. The summed E-state index contributed by atoms with van der Waals surface area (Å²) in [7, 11) is 0. The second kappa shape index (κ2) is 5.85. The molecule has 0 bridgehead atoms. The van der Waals surface area contributed by atoms with Crippen LogP contribution in [0.5, 0.6) is 0 Å². The lowest BCUT2D eigenvalue weighted by atomic mass is 10.2. The number of hydrazine groups is 1. The standard InChI is InChI=1S/C12H14FN5S/c1-7-3-4-8(5-9(7)13)15-10-6-11(18-14)17-12(16-10)19-2/h3-6H,14H2,1-2H3,(H2,15,16,17,18).